The summed E-state index contributed by atoms with van der Waals surface area (Å²) in [4.78, 5) is 19.7. The maximum atomic E-state index is 11.6. The lowest BCUT2D eigenvalue weighted by Crippen LogP contribution is -2.24. The van der Waals surface area contributed by atoms with Crippen molar-refractivity contribution in [1.82, 2.24) is 19.7 Å². The van der Waals surface area contributed by atoms with Gasteiger partial charge in [-0.05, 0) is 6.42 Å². The van der Waals surface area contributed by atoms with E-state index in [1.54, 1.807) is 29.2 Å². The predicted octanol–water partition coefficient (Wildman–Crippen LogP) is 0.869. The molecule has 2 rings (SSSR count). The largest absolute Gasteiger partial charge is 0.351 e. The first-order valence-corrected chi connectivity index (χ1v) is 4.88. The molecule has 2 aromatic rings. The summed E-state index contributed by atoms with van der Waals surface area (Å²) < 4.78 is 1.77. The zero-order valence-electron chi connectivity index (χ0n) is 8.47. The van der Waals surface area contributed by atoms with Crippen LogP contribution in [0.1, 0.15) is 23.8 Å². The highest BCUT2D eigenvalue weighted by Crippen LogP contribution is 2.02. The van der Waals surface area contributed by atoms with Crippen molar-refractivity contribution in [3.8, 4) is 0 Å². The molecule has 0 saturated carbocycles. The average Bonchev–Trinajstić information content (AvgIpc) is 2.69. The number of carbonyl (C=O) groups is 1. The molecule has 2 aromatic heterocycles. The van der Waals surface area contributed by atoms with Crippen LogP contribution in [-0.2, 0) is 0 Å². The molecule has 5 heteroatoms. The van der Waals surface area contributed by atoms with E-state index in [0.717, 1.165) is 6.42 Å². The number of hydrogen-bond donors (Lipinski definition) is 1. The fourth-order valence-electron chi connectivity index (χ4n) is 1.28. The van der Waals surface area contributed by atoms with Crippen molar-refractivity contribution in [2.45, 2.75) is 13.3 Å². The summed E-state index contributed by atoms with van der Waals surface area (Å²) in [6.07, 6.45) is 7.65. The zero-order valence-corrected chi connectivity index (χ0v) is 8.47. The van der Waals surface area contributed by atoms with E-state index in [-0.39, 0.29) is 5.91 Å². The highest BCUT2D eigenvalue weighted by molar-refractivity contribution is 5.92. The third-order valence-corrected chi connectivity index (χ3v) is 2.03. The first-order valence-electron chi connectivity index (χ1n) is 4.88. The minimum absolute atomic E-state index is 0.138. The molecule has 0 aliphatic carbocycles. The highest BCUT2D eigenvalue weighted by Gasteiger charge is 2.08. The summed E-state index contributed by atoms with van der Waals surface area (Å²) in [7, 11) is 0. The molecule has 0 spiro atoms. The van der Waals surface area contributed by atoms with Crippen LogP contribution in [0.3, 0.4) is 0 Å². The Morgan fingerprint density at radius 1 is 1.60 bits per heavy atom. The van der Waals surface area contributed by atoms with Gasteiger partial charge in [-0.1, -0.05) is 6.92 Å². The molecule has 0 bridgehead atoms. The van der Waals surface area contributed by atoms with Gasteiger partial charge in [0.1, 0.15) is 5.69 Å². The topological polar surface area (TPSA) is 59.3 Å². The van der Waals surface area contributed by atoms with Crippen molar-refractivity contribution in [3.63, 3.8) is 0 Å². The van der Waals surface area contributed by atoms with Gasteiger partial charge in [0, 0.05) is 25.1 Å². The Labute approximate surface area is 87.2 Å². The van der Waals surface area contributed by atoms with E-state index < -0.39 is 0 Å². The van der Waals surface area contributed by atoms with Crippen molar-refractivity contribution >= 4 is 11.6 Å². The Morgan fingerprint density at radius 3 is 3.20 bits per heavy atom. The number of amides is 1. The number of carbonyl (C=O) groups excluding carboxylic acids is 1. The average molecular weight is 204 g/mol. The lowest BCUT2D eigenvalue weighted by molar-refractivity contribution is 0.0949. The van der Waals surface area contributed by atoms with Crippen molar-refractivity contribution < 1.29 is 4.79 Å². The molecular weight excluding hydrogens is 192 g/mol. The van der Waals surface area contributed by atoms with Gasteiger partial charge in [0.25, 0.3) is 5.91 Å². The Morgan fingerprint density at radius 2 is 2.47 bits per heavy atom. The number of nitrogens with one attached hydrogen (secondary N) is 1. The zero-order chi connectivity index (χ0) is 10.7. The predicted molar refractivity (Wildman–Crippen MR) is 55.6 cm³/mol. The van der Waals surface area contributed by atoms with Crippen LogP contribution in [0.25, 0.3) is 5.65 Å². The van der Waals surface area contributed by atoms with Gasteiger partial charge >= 0.3 is 0 Å². The van der Waals surface area contributed by atoms with E-state index >= 15 is 0 Å². The van der Waals surface area contributed by atoms with Crippen LogP contribution in [0.4, 0.5) is 0 Å². The molecule has 0 fully saturated rings. The quantitative estimate of drug-likeness (QED) is 0.807. The Hall–Kier alpha value is -1.91. The molecule has 5 nitrogen and oxygen atoms in total. The van der Waals surface area contributed by atoms with Crippen LogP contribution < -0.4 is 5.32 Å². The standard InChI is InChI=1S/C10H12N4O/c1-2-3-12-10(15)8-7-14-5-4-11-6-9(14)13-8/h4-7H,2-3H2,1H3,(H,12,15). The Balaban J connectivity index is 2.25. The SMILES string of the molecule is CCCNC(=O)c1cn2ccncc2n1. The number of aromatic nitrogens is 3. The van der Waals surface area contributed by atoms with Crippen LogP contribution >= 0.6 is 0 Å². The fraction of sp³-hybridized carbons (Fsp3) is 0.300. The minimum atomic E-state index is -0.138. The molecule has 0 radical (unpaired) electrons. The number of nitrogens with zero attached hydrogens (tertiary/aromatic N) is 3. The first kappa shape index (κ1) is 9.64. The molecule has 1 N–H and O–H groups in total. The minimum Gasteiger partial charge on any atom is -0.351 e. The monoisotopic (exact) mass is 204 g/mol. The number of rotatable bonds is 3. The van der Waals surface area contributed by atoms with Gasteiger partial charge in [-0.15, -0.1) is 0 Å². The smallest absolute Gasteiger partial charge is 0.271 e. The van der Waals surface area contributed by atoms with Gasteiger partial charge < -0.3 is 9.72 Å². The normalized spacial score (nSPS) is 10.5. The van der Waals surface area contributed by atoms with Crippen LogP contribution in [0.2, 0.25) is 0 Å². The number of imidazole rings is 1. The molecule has 0 aromatic carbocycles. The molecular formula is C10H12N4O. The van der Waals surface area contributed by atoms with Crippen LogP contribution in [0, 0.1) is 0 Å². The third-order valence-electron chi connectivity index (χ3n) is 2.03. The van der Waals surface area contributed by atoms with E-state index in [4.69, 9.17) is 0 Å². The summed E-state index contributed by atoms with van der Waals surface area (Å²) in [6.45, 7) is 2.68. The summed E-state index contributed by atoms with van der Waals surface area (Å²) in [5.74, 6) is -0.138. The molecule has 1 amide bonds. The van der Waals surface area contributed by atoms with E-state index in [1.165, 1.54) is 0 Å². The number of fused-ring (bicyclic) bond motifs is 1. The van der Waals surface area contributed by atoms with Crippen molar-refractivity contribution in [2.24, 2.45) is 0 Å². The molecule has 0 saturated heterocycles. The van der Waals surface area contributed by atoms with Crippen molar-refractivity contribution in [3.05, 3.63) is 30.5 Å². The molecule has 0 atom stereocenters. The number of hydrogen-bond acceptors (Lipinski definition) is 3. The van der Waals surface area contributed by atoms with Crippen LogP contribution in [0.15, 0.2) is 24.8 Å². The van der Waals surface area contributed by atoms with Gasteiger partial charge in [-0.25, -0.2) is 4.98 Å². The second-order valence-corrected chi connectivity index (χ2v) is 3.22. The molecule has 0 aliphatic rings. The Kier molecular flexibility index (Phi) is 2.62. The van der Waals surface area contributed by atoms with E-state index in [1.807, 2.05) is 6.92 Å². The first-order chi connectivity index (χ1) is 7.31. The fourth-order valence-corrected chi connectivity index (χ4v) is 1.28. The third kappa shape index (κ3) is 1.96. The molecule has 78 valence electrons. The van der Waals surface area contributed by atoms with Gasteiger partial charge in [-0.3, -0.25) is 9.78 Å². The maximum absolute atomic E-state index is 11.6. The second kappa shape index (κ2) is 4.08. The van der Waals surface area contributed by atoms with Gasteiger partial charge in [-0.2, -0.15) is 0 Å². The highest BCUT2D eigenvalue weighted by atomic mass is 16.1. The van der Waals surface area contributed by atoms with Crippen molar-refractivity contribution in [1.29, 1.82) is 0 Å². The van der Waals surface area contributed by atoms with E-state index in [9.17, 15) is 4.79 Å². The summed E-state index contributed by atoms with van der Waals surface area (Å²) in [6, 6.07) is 0. The lowest BCUT2D eigenvalue weighted by atomic mass is 10.4. The van der Waals surface area contributed by atoms with Crippen LogP contribution in [-0.4, -0.2) is 26.8 Å². The lowest BCUT2D eigenvalue weighted by Gasteiger charge is -1.98. The van der Waals surface area contributed by atoms with Gasteiger partial charge in [0.15, 0.2) is 5.65 Å². The molecule has 2 heterocycles. The summed E-state index contributed by atoms with van der Waals surface area (Å²) in [5.41, 5.74) is 1.11. The van der Waals surface area contributed by atoms with Crippen molar-refractivity contribution in [2.75, 3.05) is 6.54 Å². The second-order valence-electron chi connectivity index (χ2n) is 3.22. The maximum Gasteiger partial charge on any atom is 0.271 e. The van der Waals surface area contributed by atoms with Crippen LogP contribution in [0.5, 0.6) is 0 Å². The summed E-state index contributed by atoms with van der Waals surface area (Å²) in [5, 5.41) is 2.77. The van der Waals surface area contributed by atoms with E-state index in [2.05, 4.69) is 15.3 Å². The van der Waals surface area contributed by atoms with Gasteiger partial charge in [0.05, 0.1) is 6.20 Å². The molecule has 0 aliphatic heterocycles. The molecule has 15 heavy (non-hydrogen) atoms. The Bertz CT molecular complexity index is 444. The molecule has 0 unspecified atom stereocenters. The summed E-state index contributed by atoms with van der Waals surface area (Å²) >= 11 is 0. The van der Waals surface area contributed by atoms with E-state index in [0.29, 0.717) is 17.9 Å². The van der Waals surface area contributed by atoms with Gasteiger partial charge in [0.2, 0.25) is 0 Å².